The first-order valence-corrected chi connectivity index (χ1v) is 7.31. The lowest BCUT2D eigenvalue weighted by Gasteiger charge is -2.15. The number of ether oxygens (including phenoxy) is 1. The van der Waals surface area contributed by atoms with E-state index in [0.29, 0.717) is 31.6 Å². The summed E-state index contributed by atoms with van der Waals surface area (Å²) >= 11 is 15.4. The minimum absolute atomic E-state index is 0.370. The molecule has 6 heteroatoms. The smallest absolute Gasteiger partial charge is 0.147 e. The quantitative estimate of drug-likeness (QED) is 0.694. The van der Waals surface area contributed by atoms with Crippen molar-refractivity contribution in [3.8, 4) is 11.5 Å². The van der Waals surface area contributed by atoms with E-state index >= 15 is 0 Å². The monoisotopic (exact) mass is 377 g/mol. The third kappa shape index (κ3) is 3.44. The Kier molecular flexibility index (Phi) is 4.91. The van der Waals surface area contributed by atoms with E-state index < -0.39 is 0 Å². The fraction of sp³-hybridized carbons (Fsp3) is 0.143. The van der Waals surface area contributed by atoms with Gasteiger partial charge in [0.25, 0.3) is 0 Å². The number of benzene rings is 2. The second-order valence-electron chi connectivity index (χ2n) is 4.27. The molecule has 0 aliphatic rings. The van der Waals surface area contributed by atoms with Gasteiger partial charge >= 0.3 is 0 Å². The van der Waals surface area contributed by atoms with Gasteiger partial charge < -0.3 is 10.5 Å². The molecule has 0 radical (unpaired) electrons. The zero-order valence-electron chi connectivity index (χ0n) is 10.5. The van der Waals surface area contributed by atoms with E-state index in [4.69, 9.17) is 33.7 Å². The lowest BCUT2D eigenvalue weighted by atomic mass is 10.1. The molecule has 0 saturated heterocycles. The first kappa shape index (κ1) is 15.6. The predicted molar refractivity (Wildman–Crippen MR) is 83.2 cm³/mol. The van der Waals surface area contributed by atoms with Gasteiger partial charge in [-0.05, 0) is 47.1 Å². The first-order valence-electron chi connectivity index (χ1n) is 5.76. The summed E-state index contributed by atoms with van der Waals surface area (Å²) < 4.78 is 19.7. The van der Waals surface area contributed by atoms with Crippen molar-refractivity contribution < 1.29 is 9.13 Å². The molecule has 106 valence electrons. The summed E-state index contributed by atoms with van der Waals surface area (Å²) in [6, 6.07) is 7.01. The van der Waals surface area contributed by atoms with E-state index in [9.17, 15) is 4.39 Å². The van der Waals surface area contributed by atoms with Gasteiger partial charge in [-0.1, -0.05) is 23.2 Å². The SMILES string of the molecule is CC(N)c1cc(F)ccc1Oc1cc(Cl)c(Br)cc1Cl. The van der Waals surface area contributed by atoms with Crippen molar-refractivity contribution in [1.29, 1.82) is 0 Å². The van der Waals surface area contributed by atoms with Crippen molar-refractivity contribution in [2.45, 2.75) is 13.0 Å². The van der Waals surface area contributed by atoms with E-state index in [-0.39, 0.29) is 11.9 Å². The minimum Gasteiger partial charge on any atom is -0.455 e. The molecule has 0 spiro atoms. The molecule has 0 aliphatic carbocycles. The van der Waals surface area contributed by atoms with Gasteiger partial charge in [0.2, 0.25) is 0 Å². The van der Waals surface area contributed by atoms with Crippen LogP contribution in [0.2, 0.25) is 10.0 Å². The number of halogens is 4. The summed E-state index contributed by atoms with van der Waals surface area (Å²) in [5.41, 5.74) is 6.37. The number of hydrogen-bond acceptors (Lipinski definition) is 2. The third-order valence-corrected chi connectivity index (χ3v) is 4.15. The zero-order chi connectivity index (χ0) is 14.9. The molecular weight excluding hydrogens is 368 g/mol. The van der Waals surface area contributed by atoms with Crippen molar-refractivity contribution in [3.63, 3.8) is 0 Å². The van der Waals surface area contributed by atoms with Gasteiger partial charge in [0.1, 0.15) is 17.3 Å². The lowest BCUT2D eigenvalue weighted by molar-refractivity contribution is 0.469. The fourth-order valence-corrected chi connectivity index (χ4v) is 2.50. The van der Waals surface area contributed by atoms with E-state index in [1.165, 1.54) is 18.2 Å². The van der Waals surface area contributed by atoms with E-state index in [1.807, 2.05) is 0 Å². The van der Waals surface area contributed by atoms with Gasteiger partial charge in [0, 0.05) is 22.1 Å². The average molecular weight is 379 g/mol. The highest BCUT2D eigenvalue weighted by Crippen LogP contribution is 2.38. The van der Waals surface area contributed by atoms with Gasteiger partial charge in [0.15, 0.2) is 0 Å². The standard InChI is InChI=1S/C14H11BrCl2FNO/c1-7(19)9-4-8(18)2-3-13(9)20-14-6-11(16)10(15)5-12(14)17/h2-7H,19H2,1H3. The molecule has 0 heterocycles. The van der Waals surface area contributed by atoms with Crippen LogP contribution in [0.15, 0.2) is 34.8 Å². The largest absolute Gasteiger partial charge is 0.455 e. The highest BCUT2D eigenvalue weighted by atomic mass is 79.9. The Morgan fingerprint density at radius 3 is 2.50 bits per heavy atom. The van der Waals surface area contributed by atoms with Gasteiger partial charge in [0.05, 0.1) is 10.0 Å². The first-order chi connectivity index (χ1) is 9.38. The summed E-state index contributed by atoms with van der Waals surface area (Å²) in [4.78, 5) is 0. The van der Waals surface area contributed by atoms with Crippen molar-refractivity contribution in [2.75, 3.05) is 0 Å². The van der Waals surface area contributed by atoms with Crippen LogP contribution in [0.3, 0.4) is 0 Å². The normalized spacial score (nSPS) is 12.3. The van der Waals surface area contributed by atoms with Crippen LogP contribution in [0, 0.1) is 5.82 Å². The summed E-state index contributed by atoms with van der Waals surface area (Å²) in [5, 5.41) is 0.857. The summed E-state index contributed by atoms with van der Waals surface area (Å²) in [6.07, 6.45) is 0. The Morgan fingerprint density at radius 2 is 1.85 bits per heavy atom. The molecule has 2 N–H and O–H groups in total. The van der Waals surface area contributed by atoms with Crippen molar-refractivity contribution >= 4 is 39.1 Å². The zero-order valence-corrected chi connectivity index (χ0v) is 13.6. The highest BCUT2D eigenvalue weighted by molar-refractivity contribution is 9.10. The van der Waals surface area contributed by atoms with Crippen molar-refractivity contribution in [2.24, 2.45) is 5.73 Å². The second-order valence-corrected chi connectivity index (χ2v) is 5.94. The Labute approximate surface area is 134 Å². The van der Waals surface area contributed by atoms with E-state index in [2.05, 4.69) is 15.9 Å². The molecule has 1 atom stereocenters. The highest BCUT2D eigenvalue weighted by Gasteiger charge is 2.13. The molecule has 1 unspecified atom stereocenters. The molecule has 0 bridgehead atoms. The Bertz CT molecular complexity index is 649. The average Bonchev–Trinajstić information content (AvgIpc) is 2.37. The van der Waals surface area contributed by atoms with Crippen LogP contribution in [-0.2, 0) is 0 Å². The lowest BCUT2D eigenvalue weighted by Crippen LogP contribution is -2.07. The van der Waals surface area contributed by atoms with Gasteiger partial charge in [-0.3, -0.25) is 0 Å². The number of nitrogens with two attached hydrogens (primary N) is 1. The van der Waals surface area contributed by atoms with Crippen LogP contribution in [-0.4, -0.2) is 0 Å². The van der Waals surface area contributed by atoms with Gasteiger partial charge in [-0.2, -0.15) is 0 Å². The maximum atomic E-state index is 13.3. The van der Waals surface area contributed by atoms with E-state index in [1.54, 1.807) is 19.1 Å². The molecule has 0 amide bonds. The Morgan fingerprint density at radius 1 is 1.15 bits per heavy atom. The van der Waals surface area contributed by atoms with Gasteiger partial charge in [-0.15, -0.1) is 0 Å². The molecule has 2 aromatic rings. The fourth-order valence-electron chi connectivity index (χ4n) is 1.67. The molecule has 2 rings (SSSR count). The molecule has 0 aromatic heterocycles. The molecule has 0 aliphatic heterocycles. The third-order valence-electron chi connectivity index (χ3n) is 2.66. The topological polar surface area (TPSA) is 35.2 Å². The maximum absolute atomic E-state index is 13.3. The Hall–Kier alpha value is -0.810. The van der Waals surface area contributed by atoms with Crippen LogP contribution in [0.1, 0.15) is 18.5 Å². The summed E-state index contributed by atoms with van der Waals surface area (Å²) in [6.45, 7) is 1.75. The molecular formula is C14H11BrCl2FNO. The molecule has 20 heavy (non-hydrogen) atoms. The molecule has 2 aromatic carbocycles. The van der Waals surface area contributed by atoms with Gasteiger partial charge in [-0.25, -0.2) is 4.39 Å². The number of hydrogen-bond donors (Lipinski definition) is 1. The molecule has 2 nitrogen and oxygen atoms in total. The van der Waals surface area contributed by atoms with Crippen molar-refractivity contribution in [3.05, 3.63) is 56.2 Å². The summed E-state index contributed by atoms with van der Waals surface area (Å²) in [7, 11) is 0. The second kappa shape index (κ2) is 6.31. The minimum atomic E-state index is -0.371. The van der Waals surface area contributed by atoms with Crippen LogP contribution >= 0.6 is 39.1 Å². The Balaban J connectivity index is 2.42. The maximum Gasteiger partial charge on any atom is 0.147 e. The predicted octanol–water partition coefficient (Wildman–Crippen LogP) is 5.71. The van der Waals surface area contributed by atoms with Crippen LogP contribution in [0.5, 0.6) is 11.5 Å². The van der Waals surface area contributed by atoms with Crippen LogP contribution in [0.25, 0.3) is 0 Å². The molecule has 0 saturated carbocycles. The molecule has 0 fully saturated rings. The number of rotatable bonds is 3. The van der Waals surface area contributed by atoms with Crippen molar-refractivity contribution in [1.82, 2.24) is 0 Å². The van der Waals surface area contributed by atoms with E-state index in [0.717, 1.165) is 0 Å². The van der Waals surface area contributed by atoms with Crippen LogP contribution < -0.4 is 10.5 Å². The summed E-state index contributed by atoms with van der Waals surface area (Å²) in [5.74, 6) is 0.458. The van der Waals surface area contributed by atoms with Crippen LogP contribution in [0.4, 0.5) is 4.39 Å².